The van der Waals surface area contributed by atoms with Gasteiger partial charge in [0.05, 0.1) is 12.6 Å². The number of hydrogen-bond acceptors (Lipinski definition) is 15. The van der Waals surface area contributed by atoms with Crippen LogP contribution in [0, 0.1) is 41.4 Å². The van der Waals surface area contributed by atoms with Crippen molar-refractivity contribution in [3.05, 3.63) is 48.0 Å². The Morgan fingerprint density at radius 3 is 1.42 bits per heavy atom. The zero-order valence-electron chi connectivity index (χ0n) is 61.0. The number of aliphatic carboxylic acids is 1. The van der Waals surface area contributed by atoms with Crippen LogP contribution in [0.3, 0.4) is 0 Å². The molecule has 0 saturated heterocycles. The molecule has 12 atom stereocenters. The number of thioether (sulfide) groups is 1. The second-order valence-corrected chi connectivity index (χ2v) is 28.7. The predicted octanol–water partition coefficient (Wildman–Crippen LogP) is 4.54. The molecule has 0 aliphatic heterocycles. The van der Waals surface area contributed by atoms with Crippen molar-refractivity contribution in [3.8, 4) is 0 Å². The third kappa shape index (κ3) is 27.2. The van der Waals surface area contributed by atoms with Gasteiger partial charge in [-0.2, -0.15) is 0 Å². The number of carbonyl (C=O) groups excluding carboxylic acids is 11. The van der Waals surface area contributed by atoms with E-state index < -0.39 is 156 Å². The number of carbonyl (C=O) groups is 12. The van der Waals surface area contributed by atoms with Crippen LogP contribution < -0.4 is 26.6 Å². The summed E-state index contributed by atoms with van der Waals surface area (Å²) < 4.78 is 0. The van der Waals surface area contributed by atoms with E-state index in [0.29, 0.717) is 5.75 Å². The summed E-state index contributed by atoms with van der Waals surface area (Å²) in [6.45, 7) is 27.4. The number of likely N-dealkylation sites (N-methyl/N-ethyl adjacent to an activating group) is 7. The smallest absolute Gasteiger partial charge is 0.326 e. The highest BCUT2D eigenvalue weighted by Crippen LogP contribution is 2.24. The lowest BCUT2D eigenvalue weighted by Crippen LogP contribution is -2.61. The number of carboxylic acid groups (broad SMARTS) is 1. The first-order valence-electron chi connectivity index (χ1n) is 33.3. The quantitative estimate of drug-likeness (QED) is 0.0444. The summed E-state index contributed by atoms with van der Waals surface area (Å²) in [6.07, 6.45) is 2.99. The average Bonchev–Trinajstić information content (AvgIpc) is 0.825. The summed E-state index contributed by atoms with van der Waals surface area (Å²) in [5, 5.41) is 34.8. The number of carboxylic acids is 1. The number of benzene rings is 1. The summed E-state index contributed by atoms with van der Waals surface area (Å²) >= 11 is 1.15. The number of nitrogens with one attached hydrogen (secondary N) is 5. The first-order chi connectivity index (χ1) is 44.1. The van der Waals surface area contributed by atoms with E-state index in [1.54, 1.807) is 47.6 Å². The summed E-state index contributed by atoms with van der Waals surface area (Å²) in [6, 6.07) is -1.95. The van der Waals surface area contributed by atoms with Gasteiger partial charge >= 0.3 is 5.97 Å². The molecule has 0 aromatic heterocycles. The molecule has 95 heavy (non-hydrogen) atoms. The topological polar surface area (TPSA) is 325 Å². The lowest BCUT2D eigenvalue weighted by atomic mass is 9.94. The molecule has 2 unspecified atom stereocenters. The van der Waals surface area contributed by atoms with Crippen LogP contribution in [-0.2, 0) is 63.3 Å². The Bertz CT molecular complexity index is 2750. The van der Waals surface area contributed by atoms with E-state index in [-0.39, 0.29) is 67.3 Å². The Hall–Kier alpha value is -6.93. The Morgan fingerprint density at radius 2 is 0.958 bits per heavy atom. The van der Waals surface area contributed by atoms with Crippen LogP contribution in [0.5, 0.6) is 0 Å². The van der Waals surface area contributed by atoms with Gasteiger partial charge in [-0.25, -0.2) is 4.79 Å². The van der Waals surface area contributed by atoms with Crippen LogP contribution in [0.4, 0.5) is 0 Å². The fraction of sp³-hybridized carbons (Fsp3) is 0.710. The van der Waals surface area contributed by atoms with Crippen molar-refractivity contribution in [3.63, 3.8) is 0 Å². The number of aliphatic hydroxyl groups excluding tert-OH is 1. The highest BCUT2D eigenvalue weighted by molar-refractivity contribution is 8.13. The Balaban J connectivity index is 3.27. The average molecular weight is 1360 g/mol. The van der Waals surface area contributed by atoms with E-state index in [1.807, 2.05) is 85.7 Å². The lowest BCUT2D eigenvalue weighted by Gasteiger charge is -2.39. The SMILES string of the molecule is CCC(NC(=O)C(NC)[C@H](O)[C@H](C)C/C=C/C(=O)SCc1ccccc1)C(=O)N(C)CC(=O)N(C)[C@@H](CC(C)C)C(=O)N[C@H](C(=O)N(C)[C@@H](CC(C)C)C(=O)N[C@H](C)C(=O)N[C@H](C)C(=O)N(C)[C@@H](CC(C)C)C(=O)N(C)[C@@H](CC(C)C)C(=O)N(C)[C@H](C(=O)O)C(C)C)C(C)C. The number of amides is 10. The maximum atomic E-state index is 14.6. The minimum atomic E-state index is -1.25. The van der Waals surface area contributed by atoms with Gasteiger partial charge in [0.15, 0.2) is 0 Å². The molecular weight excluding hydrogens is 1240 g/mol. The molecule has 0 fully saturated rings. The zero-order chi connectivity index (χ0) is 73.2. The van der Waals surface area contributed by atoms with Gasteiger partial charge in [0, 0.05) is 48.0 Å². The molecule has 1 aromatic rings. The minimum Gasteiger partial charge on any atom is -0.480 e. The summed E-state index contributed by atoms with van der Waals surface area (Å²) in [4.78, 5) is 174. The molecule has 0 bridgehead atoms. The van der Waals surface area contributed by atoms with Crippen molar-refractivity contribution in [2.75, 3.05) is 55.9 Å². The first-order valence-corrected chi connectivity index (χ1v) is 34.3. The molecule has 10 amide bonds. The van der Waals surface area contributed by atoms with Crippen molar-refractivity contribution >= 4 is 81.9 Å². The second-order valence-electron chi connectivity index (χ2n) is 27.7. The van der Waals surface area contributed by atoms with Crippen LogP contribution in [-0.4, -0.2) is 232 Å². The van der Waals surface area contributed by atoms with Crippen molar-refractivity contribution in [2.24, 2.45) is 41.4 Å². The highest BCUT2D eigenvalue weighted by atomic mass is 32.2. The first kappa shape index (κ1) is 86.1. The van der Waals surface area contributed by atoms with Crippen molar-refractivity contribution in [1.82, 2.24) is 56.0 Å². The van der Waals surface area contributed by atoms with Gasteiger partial charge in [-0.15, -0.1) is 0 Å². The fourth-order valence-electron chi connectivity index (χ4n) is 11.1. The third-order valence-corrected chi connectivity index (χ3v) is 17.8. The van der Waals surface area contributed by atoms with Gasteiger partial charge in [-0.3, -0.25) is 52.7 Å². The normalized spacial score (nSPS) is 15.5. The number of allylic oxidation sites excluding steroid dienone is 1. The van der Waals surface area contributed by atoms with E-state index in [2.05, 4.69) is 26.6 Å². The van der Waals surface area contributed by atoms with Crippen LogP contribution in [0.1, 0.15) is 155 Å². The van der Waals surface area contributed by atoms with Crippen LogP contribution >= 0.6 is 11.8 Å². The summed E-state index contributed by atoms with van der Waals surface area (Å²) in [5.74, 6) is -8.99. The van der Waals surface area contributed by atoms with E-state index in [9.17, 15) is 67.7 Å². The van der Waals surface area contributed by atoms with E-state index in [1.165, 1.54) is 88.9 Å². The zero-order valence-corrected chi connectivity index (χ0v) is 61.8. The maximum absolute atomic E-state index is 14.6. The Labute approximate surface area is 570 Å². The molecule has 0 spiro atoms. The largest absolute Gasteiger partial charge is 0.480 e. The van der Waals surface area contributed by atoms with Crippen LogP contribution in [0.25, 0.3) is 0 Å². The van der Waals surface area contributed by atoms with Gasteiger partial charge in [0.1, 0.15) is 60.4 Å². The van der Waals surface area contributed by atoms with E-state index in [0.717, 1.165) is 27.1 Å². The van der Waals surface area contributed by atoms with Gasteiger partial charge in [-0.05, 0) is 112 Å². The van der Waals surface area contributed by atoms with Crippen LogP contribution in [0.2, 0.25) is 0 Å². The summed E-state index contributed by atoms with van der Waals surface area (Å²) in [7, 11) is 10.0. The second kappa shape index (κ2) is 41.2. The van der Waals surface area contributed by atoms with Gasteiger partial charge in [0.2, 0.25) is 64.2 Å². The van der Waals surface area contributed by atoms with E-state index >= 15 is 0 Å². The van der Waals surface area contributed by atoms with Gasteiger partial charge in [0.25, 0.3) is 0 Å². The number of nitrogens with zero attached hydrogens (tertiary/aromatic N) is 6. The van der Waals surface area contributed by atoms with E-state index in [4.69, 9.17) is 0 Å². The molecule has 0 saturated carbocycles. The molecule has 0 aliphatic rings. The predicted molar refractivity (Wildman–Crippen MR) is 369 cm³/mol. The van der Waals surface area contributed by atoms with Gasteiger partial charge < -0.3 is 66.2 Å². The molecule has 538 valence electrons. The highest BCUT2D eigenvalue weighted by Gasteiger charge is 2.42. The Kier molecular flexibility index (Phi) is 37.4. The molecule has 0 heterocycles. The van der Waals surface area contributed by atoms with Gasteiger partial charge in [-0.1, -0.05) is 145 Å². The molecule has 26 heteroatoms. The molecule has 1 aromatic carbocycles. The molecule has 1 rings (SSSR count). The maximum Gasteiger partial charge on any atom is 0.326 e. The standard InChI is InChI=1S/C69H117N11O14S/c1-24-49(73-63(87)57(70-17)59(83)45(14)29-28-32-55(82)95-38-48-30-26-25-27-31-48)65(89)75(18)37-54(81)76(19)50(33-39(2)3)62(86)74-56(43(10)11)68(92)77(20)51(34-40(4)5)61(85)71-46(15)60(84)72-47(16)64(88)78(21)52(35-41(6)7)66(90)79(22)53(36-42(8)9)67(91)80(23)58(44(12)13)69(93)94/h25-28,30-32,39-47,49-53,56-59,70,83H,24,29,33-38H2,1-23H3,(H,71,85)(H,72,84)(H,73,87)(H,74,86)(H,93,94)/b32-28+/t45-,46-,47-,49?,50+,51+,52+,53+,56+,57?,58+,59-/m1/s1. The van der Waals surface area contributed by atoms with Crippen molar-refractivity contribution in [2.45, 2.75) is 222 Å². The molecule has 25 nitrogen and oxygen atoms in total. The van der Waals surface area contributed by atoms with Crippen molar-refractivity contribution < 1.29 is 67.7 Å². The number of rotatable bonds is 40. The molecule has 7 N–H and O–H groups in total. The Morgan fingerprint density at radius 1 is 0.505 bits per heavy atom. The fourth-order valence-corrected chi connectivity index (χ4v) is 11.8. The van der Waals surface area contributed by atoms with Crippen LogP contribution in [0.15, 0.2) is 42.5 Å². The number of aliphatic hydroxyl groups is 1. The minimum absolute atomic E-state index is 0.0793. The molecule has 0 aliphatic carbocycles. The monoisotopic (exact) mass is 1360 g/mol. The number of hydrogen-bond donors (Lipinski definition) is 7. The molecular formula is C69H117N11O14S. The molecule has 0 radical (unpaired) electrons. The van der Waals surface area contributed by atoms with Crippen molar-refractivity contribution in [1.29, 1.82) is 0 Å². The third-order valence-electron chi connectivity index (χ3n) is 16.9. The summed E-state index contributed by atoms with van der Waals surface area (Å²) in [5.41, 5.74) is 1.01. The lowest BCUT2D eigenvalue weighted by molar-refractivity contribution is -0.157.